The van der Waals surface area contributed by atoms with E-state index in [0.717, 1.165) is 16.7 Å². The highest BCUT2D eigenvalue weighted by molar-refractivity contribution is 7.98. The number of halogens is 1. The van der Waals surface area contributed by atoms with Gasteiger partial charge in [0.15, 0.2) is 0 Å². The van der Waals surface area contributed by atoms with Crippen molar-refractivity contribution in [3.8, 4) is 0 Å². The quantitative estimate of drug-likeness (QED) is 0.540. The lowest BCUT2D eigenvalue weighted by Gasteiger charge is -2.46. The molecule has 2 aromatic rings. The molecule has 1 fully saturated rings. The molecule has 1 spiro atoms. The van der Waals surface area contributed by atoms with E-state index >= 15 is 0 Å². The minimum atomic E-state index is -1.66. The van der Waals surface area contributed by atoms with Crippen molar-refractivity contribution < 1.29 is 29.9 Å². The van der Waals surface area contributed by atoms with E-state index in [2.05, 4.69) is 0 Å². The van der Waals surface area contributed by atoms with Gasteiger partial charge in [-0.3, -0.25) is 0 Å². The van der Waals surface area contributed by atoms with Crippen LogP contribution in [0.5, 0.6) is 0 Å². The van der Waals surface area contributed by atoms with Crippen LogP contribution in [0.4, 0.5) is 0 Å². The van der Waals surface area contributed by atoms with Crippen molar-refractivity contribution in [2.24, 2.45) is 0 Å². The molecule has 2 aliphatic heterocycles. The van der Waals surface area contributed by atoms with Crippen molar-refractivity contribution in [1.82, 2.24) is 0 Å². The van der Waals surface area contributed by atoms with Crippen molar-refractivity contribution in [1.29, 1.82) is 0 Å². The lowest BCUT2D eigenvalue weighted by atomic mass is 9.86. The Morgan fingerprint density at radius 2 is 1.86 bits per heavy atom. The number of fused-ring (bicyclic) bond motifs is 2. The van der Waals surface area contributed by atoms with Gasteiger partial charge in [-0.2, -0.15) is 0 Å². The van der Waals surface area contributed by atoms with Crippen LogP contribution < -0.4 is 0 Å². The third-order valence-corrected chi connectivity index (χ3v) is 6.69. The molecule has 2 aliphatic rings. The van der Waals surface area contributed by atoms with Crippen LogP contribution in [0.3, 0.4) is 0 Å². The van der Waals surface area contributed by atoms with Crippen molar-refractivity contribution in [3.63, 3.8) is 0 Å². The van der Waals surface area contributed by atoms with Crippen LogP contribution in [0, 0.1) is 0 Å². The maximum absolute atomic E-state index is 10.7. The maximum Gasteiger partial charge on any atom is 0.225 e. The molecular weight excluding hydrogens is 416 g/mol. The van der Waals surface area contributed by atoms with Gasteiger partial charge >= 0.3 is 0 Å². The zero-order valence-electron chi connectivity index (χ0n) is 15.8. The van der Waals surface area contributed by atoms with E-state index in [4.69, 9.17) is 21.1 Å². The molecule has 0 aromatic heterocycles. The largest absolute Gasteiger partial charge is 0.394 e. The van der Waals surface area contributed by atoms with E-state index < -0.39 is 36.8 Å². The van der Waals surface area contributed by atoms with Crippen LogP contribution in [0.2, 0.25) is 5.02 Å². The van der Waals surface area contributed by atoms with Gasteiger partial charge in [0, 0.05) is 15.5 Å². The molecule has 1 saturated heterocycles. The van der Waals surface area contributed by atoms with E-state index in [1.165, 1.54) is 4.90 Å². The van der Waals surface area contributed by atoms with E-state index in [-0.39, 0.29) is 6.61 Å². The number of thioether (sulfide) groups is 1. The molecule has 156 valence electrons. The molecule has 6 nitrogen and oxygen atoms in total. The second-order valence-electron chi connectivity index (χ2n) is 7.35. The van der Waals surface area contributed by atoms with Crippen molar-refractivity contribution in [2.45, 2.75) is 48.1 Å². The van der Waals surface area contributed by atoms with E-state index in [0.29, 0.717) is 17.0 Å². The lowest BCUT2D eigenvalue weighted by Crippen LogP contribution is -2.63. The van der Waals surface area contributed by atoms with Gasteiger partial charge in [-0.15, -0.1) is 11.8 Å². The third-order valence-electron chi connectivity index (χ3n) is 5.59. The average Bonchev–Trinajstić information content (AvgIpc) is 3.08. The van der Waals surface area contributed by atoms with Gasteiger partial charge in [0.1, 0.15) is 24.4 Å². The predicted molar refractivity (Wildman–Crippen MR) is 109 cm³/mol. The molecule has 2 heterocycles. The average molecular weight is 439 g/mol. The van der Waals surface area contributed by atoms with Crippen LogP contribution in [0.1, 0.15) is 22.3 Å². The Bertz CT molecular complexity index is 889. The Morgan fingerprint density at radius 3 is 2.52 bits per heavy atom. The fourth-order valence-corrected chi connectivity index (χ4v) is 4.61. The summed E-state index contributed by atoms with van der Waals surface area (Å²) in [5.41, 5.74) is 3.18. The second kappa shape index (κ2) is 8.17. The summed E-state index contributed by atoms with van der Waals surface area (Å²) in [5.74, 6) is -1.66. The summed E-state index contributed by atoms with van der Waals surface area (Å²) in [7, 11) is 0. The molecule has 2 aromatic carbocycles. The van der Waals surface area contributed by atoms with Crippen molar-refractivity contribution in [2.75, 3.05) is 12.9 Å². The van der Waals surface area contributed by atoms with Crippen LogP contribution in [0.15, 0.2) is 41.3 Å². The fraction of sp³-hybridized carbons (Fsp3) is 0.429. The molecule has 8 heteroatoms. The van der Waals surface area contributed by atoms with Gasteiger partial charge in [0.25, 0.3) is 0 Å². The molecule has 0 saturated carbocycles. The monoisotopic (exact) mass is 438 g/mol. The molecule has 0 radical (unpaired) electrons. The minimum absolute atomic E-state index is 0.135. The Balaban J connectivity index is 1.71. The van der Waals surface area contributed by atoms with Crippen LogP contribution in [-0.4, -0.2) is 57.7 Å². The number of rotatable bonds is 4. The summed E-state index contributed by atoms with van der Waals surface area (Å²) in [6.07, 6.45) is -2.96. The summed E-state index contributed by atoms with van der Waals surface area (Å²) in [6, 6.07) is 11.8. The number of ether oxygens (including phenoxy) is 2. The first-order valence-electron chi connectivity index (χ1n) is 9.31. The first kappa shape index (κ1) is 21.1. The summed E-state index contributed by atoms with van der Waals surface area (Å²) in [6.45, 7) is -0.386. The molecule has 0 aliphatic carbocycles. The summed E-state index contributed by atoms with van der Waals surface area (Å²) in [4.78, 5) is 1.17. The molecular formula is C21H23ClO6S. The van der Waals surface area contributed by atoms with Crippen LogP contribution in [-0.2, 0) is 28.3 Å². The van der Waals surface area contributed by atoms with Crippen LogP contribution >= 0.6 is 23.4 Å². The topological polar surface area (TPSA) is 99.4 Å². The molecule has 1 unspecified atom stereocenters. The van der Waals surface area contributed by atoms with E-state index in [1.807, 2.05) is 36.6 Å². The fourth-order valence-electron chi connectivity index (χ4n) is 3.95. The third kappa shape index (κ3) is 3.60. The lowest BCUT2D eigenvalue weighted by molar-refractivity contribution is -0.368. The predicted octanol–water partition coefficient (Wildman–Crippen LogP) is 1.81. The summed E-state index contributed by atoms with van der Waals surface area (Å²) >= 11 is 8.16. The highest BCUT2D eigenvalue weighted by atomic mass is 35.5. The maximum atomic E-state index is 10.7. The number of aliphatic hydroxyl groups excluding tert-OH is 4. The standard InChI is InChI=1S/C21H23ClO6S/c1-29-14-4-2-11(3-5-14)6-12-7-15-13(8-16(12)22)10-27-21(15)20(26)19(25)18(24)17(9-23)28-21/h2-5,7-8,17-20,23-26H,6,9-10H2,1H3/t17-,18-,19+,20-,21?/m1/s1. The minimum Gasteiger partial charge on any atom is -0.394 e. The van der Waals surface area contributed by atoms with Crippen LogP contribution in [0.25, 0.3) is 0 Å². The first-order chi connectivity index (χ1) is 13.9. The smallest absolute Gasteiger partial charge is 0.225 e. The number of aliphatic hydroxyl groups is 4. The van der Waals surface area contributed by atoms with E-state index in [1.54, 1.807) is 17.8 Å². The van der Waals surface area contributed by atoms with Crippen molar-refractivity contribution >= 4 is 23.4 Å². The van der Waals surface area contributed by atoms with E-state index in [9.17, 15) is 20.4 Å². The normalized spacial score (nSPS) is 31.2. The molecule has 29 heavy (non-hydrogen) atoms. The molecule has 5 atom stereocenters. The van der Waals surface area contributed by atoms with Gasteiger partial charge in [-0.1, -0.05) is 23.7 Å². The Hall–Kier alpha value is -1.16. The Morgan fingerprint density at radius 1 is 1.14 bits per heavy atom. The van der Waals surface area contributed by atoms with Gasteiger partial charge in [-0.05, 0) is 53.6 Å². The second-order valence-corrected chi connectivity index (χ2v) is 8.63. The highest BCUT2D eigenvalue weighted by Crippen LogP contribution is 2.47. The molecule has 4 rings (SSSR count). The number of benzene rings is 2. The molecule has 0 bridgehead atoms. The zero-order chi connectivity index (χ0) is 20.8. The number of hydrogen-bond donors (Lipinski definition) is 4. The highest BCUT2D eigenvalue weighted by Gasteiger charge is 2.58. The summed E-state index contributed by atoms with van der Waals surface area (Å²) in [5, 5.41) is 41.2. The van der Waals surface area contributed by atoms with Gasteiger partial charge in [0.05, 0.1) is 13.2 Å². The van der Waals surface area contributed by atoms with Gasteiger partial charge < -0.3 is 29.9 Å². The Labute approximate surface area is 178 Å². The zero-order valence-corrected chi connectivity index (χ0v) is 17.4. The van der Waals surface area contributed by atoms with Gasteiger partial charge in [0.2, 0.25) is 5.79 Å². The first-order valence-corrected chi connectivity index (χ1v) is 10.9. The SMILES string of the molecule is CSc1ccc(Cc2cc3c(cc2Cl)COC32O[C@H](CO)[C@@H](O)[C@H](O)[C@H]2O)cc1. The van der Waals surface area contributed by atoms with Gasteiger partial charge in [-0.25, -0.2) is 0 Å². The summed E-state index contributed by atoms with van der Waals surface area (Å²) < 4.78 is 11.6. The molecule has 4 N–H and O–H groups in total. The van der Waals surface area contributed by atoms with Crippen molar-refractivity contribution in [3.05, 3.63) is 63.7 Å². The molecule has 0 amide bonds. The Kier molecular flexibility index (Phi) is 5.94. The number of hydrogen-bond acceptors (Lipinski definition) is 7.